The standard InChI is InChI=1S/C14H13ClN4/c15-13-4-1-10(6-16)5-14(13)18-8-12-7-17-9-19(12)11-2-3-11/h1,4-5,7,9,11,18H,2-3,8H2. The lowest BCUT2D eigenvalue weighted by Gasteiger charge is -2.10. The van der Waals surface area contributed by atoms with E-state index in [2.05, 4.69) is 20.9 Å². The summed E-state index contributed by atoms with van der Waals surface area (Å²) in [7, 11) is 0. The van der Waals surface area contributed by atoms with E-state index in [4.69, 9.17) is 16.9 Å². The summed E-state index contributed by atoms with van der Waals surface area (Å²) in [5.74, 6) is 0. The summed E-state index contributed by atoms with van der Waals surface area (Å²) in [5, 5.41) is 12.8. The van der Waals surface area contributed by atoms with Crippen LogP contribution in [0.4, 0.5) is 5.69 Å². The molecule has 0 bridgehead atoms. The van der Waals surface area contributed by atoms with Crippen molar-refractivity contribution in [3.8, 4) is 6.07 Å². The van der Waals surface area contributed by atoms with Gasteiger partial charge in [-0.25, -0.2) is 4.98 Å². The maximum Gasteiger partial charge on any atom is 0.0992 e. The second-order valence-corrected chi connectivity index (χ2v) is 5.09. The van der Waals surface area contributed by atoms with Crippen LogP contribution in [0.5, 0.6) is 0 Å². The summed E-state index contributed by atoms with van der Waals surface area (Å²) in [5.41, 5.74) is 2.52. The van der Waals surface area contributed by atoms with Gasteiger partial charge >= 0.3 is 0 Å². The molecule has 0 unspecified atom stereocenters. The van der Waals surface area contributed by atoms with E-state index in [0.29, 0.717) is 23.2 Å². The topological polar surface area (TPSA) is 53.6 Å². The van der Waals surface area contributed by atoms with Crippen LogP contribution >= 0.6 is 11.6 Å². The molecule has 1 aliphatic rings. The average molecular weight is 273 g/mol. The number of nitriles is 1. The number of nitrogens with one attached hydrogen (secondary N) is 1. The Kier molecular flexibility index (Phi) is 3.14. The third-order valence-electron chi connectivity index (χ3n) is 3.24. The Morgan fingerprint density at radius 2 is 2.32 bits per heavy atom. The molecule has 1 saturated carbocycles. The molecule has 0 spiro atoms. The SMILES string of the molecule is N#Cc1ccc(Cl)c(NCc2cncn2C2CC2)c1. The van der Waals surface area contributed by atoms with Crippen LogP contribution in [0.2, 0.25) is 5.02 Å². The minimum absolute atomic E-state index is 0.600. The van der Waals surface area contributed by atoms with Gasteiger partial charge in [-0.2, -0.15) is 5.26 Å². The molecule has 1 aliphatic carbocycles. The molecule has 1 aromatic heterocycles. The number of hydrogen-bond donors (Lipinski definition) is 1. The molecule has 5 heteroatoms. The first kappa shape index (κ1) is 12.1. The van der Waals surface area contributed by atoms with Gasteiger partial charge in [-0.3, -0.25) is 0 Å². The maximum absolute atomic E-state index is 8.90. The molecule has 1 heterocycles. The molecule has 2 aromatic rings. The summed E-state index contributed by atoms with van der Waals surface area (Å²) in [6.07, 6.45) is 6.21. The number of aromatic nitrogens is 2. The van der Waals surface area contributed by atoms with Crippen LogP contribution in [-0.2, 0) is 6.54 Å². The molecule has 0 aliphatic heterocycles. The van der Waals surface area contributed by atoms with Crippen LogP contribution in [0, 0.1) is 11.3 Å². The van der Waals surface area contributed by atoms with Crippen LogP contribution in [-0.4, -0.2) is 9.55 Å². The molecule has 0 radical (unpaired) electrons. The highest BCUT2D eigenvalue weighted by atomic mass is 35.5. The number of halogens is 1. The van der Waals surface area contributed by atoms with E-state index < -0.39 is 0 Å². The van der Waals surface area contributed by atoms with Crippen molar-refractivity contribution in [2.24, 2.45) is 0 Å². The summed E-state index contributed by atoms with van der Waals surface area (Å²) >= 11 is 6.11. The summed E-state index contributed by atoms with van der Waals surface area (Å²) in [6.45, 7) is 0.658. The second-order valence-electron chi connectivity index (χ2n) is 4.68. The largest absolute Gasteiger partial charge is 0.378 e. The van der Waals surface area contributed by atoms with Gasteiger partial charge in [0.25, 0.3) is 0 Å². The minimum Gasteiger partial charge on any atom is -0.378 e. The third-order valence-corrected chi connectivity index (χ3v) is 3.57. The van der Waals surface area contributed by atoms with E-state index in [0.717, 1.165) is 11.4 Å². The predicted octanol–water partition coefficient (Wildman–Crippen LogP) is 3.36. The Balaban J connectivity index is 1.75. The van der Waals surface area contributed by atoms with Gasteiger partial charge in [0.15, 0.2) is 0 Å². The van der Waals surface area contributed by atoms with Crippen LogP contribution in [0.1, 0.15) is 30.1 Å². The van der Waals surface area contributed by atoms with E-state index >= 15 is 0 Å². The molecule has 96 valence electrons. The fraction of sp³-hybridized carbons (Fsp3) is 0.286. The van der Waals surface area contributed by atoms with E-state index in [1.54, 1.807) is 18.2 Å². The number of hydrogen-bond acceptors (Lipinski definition) is 3. The van der Waals surface area contributed by atoms with Crippen molar-refractivity contribution in [2.45, 2.75) is 25.4 Å². The first-order valence-corrected chi connectivity index (χ1v) is 6.60. The van der Waals surface area contributed by atoms with Crippen LogP contribution in [0.15, 0.2) is 30.7 Å². The Morgan fingerprint density at radius 1 is 1.47 bits per heavy atom. The molecular weight excluding hydrogens is 260 g/mol. The van der Waals surface area contributed by atoms with Crippen LogP contribution in [0.25, 0.3) is 0 Å². The fourth-order valence-corrected chi connectivity index (χ4v) is 2.25. The first-order valence-electron chi connectivity index (χ1n) is 6.22. The molecule has 1 aromatic carbocycles. The Bertz CT molecular complexity index is 637. The zero-order valence-corrected chi connectivity index (χ0v) is 11.1. The monoisotopic (exact) mass is 272 g/mol. The smallest absolute Gasteiger partial charge is 0.0992 e. The molecule has 19 heavy (non-hydrogen) atoms. The van der Waals surface area contributed by atoms with Crippen molar-refractivity contribution >= 4 is 17.3 Å². The quantitative estimate of drug-likeness (QED) is 0.928. The van der Waals surface area contributed by atoms with Crippen molar-refractivity contribution in [1.29, 1.82) is 5.26 Å². The maximum atomic E-state index is 8.90. The lowest BCUT2D eigenvalue weighted by molar-refractivity contribution is 0.701. The summed E-state index contributed by atoms with van der Waals surface area (Å²) < 4.78 is 2.20. The van der Waals surface area contributed by atoms with Crippen LogP contribution < -0.4 is 5.32 Å². The second kappa shape index (κ2) is 4.94. The summed E-state index contributed by atoms with van der Waals surface area (Å²) in [6, 6.07) is 7.93. The number of benzene rings is 1. The normalized spacial score (nSPS) is 14.1. The van der Waals surface area contributed by atoms with Gasteiger partial charge in [0.1, 0.15) is 0 Å². The van der Waals surface area contributed by atoms with Crippen LogP contribution in [0.3, 0.4) is 0 Å². The number of rotatable bonds is 4. The van der Waals surface area contributed by atoms with Gasteiger partial charge in [-0.1, -0.05) is 11.6 Å². The van der Waals surface area contributed by atoms with Gasteiger partial charge in [0.2, 0.25) is 0 Å². The fourth-order valence-electron chi connectivity index (χ4n) is 2.07. The molecule has 1 N–H and O–H groups in total. The molecule has 0 atom stereocenters. The third kappa shape index (κ3) is 2.56. The molecular formula is C14H13ClN4. The lowest BCUT2D eigenvalue weighted by Crippen LogP contribution is -2.06. The van der Waals surface area contributed by atoms with Crippen molar-refractivity contribution < 1.29 is 0 Å². The Hall–Kier alpha value is -1.99. The van der Waals surface area contributed by atoms with Crippen molar-refractivity contribution in [3.05, 3.63) is 47.0 Å². The number of nitrogens with zero attached hydrogens (tertiary/aromatic N) is 3. The Labute approximate surface area is 116 Å². The van der Waals surface area contributed by atoms with E-state index in [-0.39, 0.29) is 0 Å². The zero-order chi connectivity index (χ0) is 13.2. The molecule has 0 saturated heterocycles. The summed E-state index contributed by atoms with van der Waals surface area (Å²) in [4.78, 5) is 4.19. The lowest BCUT2D eigenvalue weighted by atomic mass is 10.2. The zero-order valence-electron chi connectivity index (χ0n) is 10.3. The number of anilines is 1. The van der Waals surface area contributed by atoms with Crippen molar-refractivity contribution in [3.63, 3.8) is 0 Å². The molecule has 4 nitrogen and oxygen atoms in total. The highest BCUT2D eigenvalue weighted by Gasteiger charge is 2.24. The average Bonchev–Trinajstić information content (AvgIpc) is 3.17. The van der Waals surface area contributed by atoms with Crippen molar-refractivity contribution in [1.82, 2.24) is 9.55 Å². The van der Waals surface area contributed by atoms with Gasteiger partial charge in [0.05, 0.1) is 40.9 Å². The predicted molar refractivity (Wildman–Crippen MR) is 74.0 cm³/mol. The first-order chi connectivity index (χ1) is 9.28. The minimum atomic E-state index is 0.600. The van der Waals surface area contributed by atoms with E-state index in [9.17, 15) is 0 Å². The number of imidazole rings is 1. The highest BCUT2D eigenvalue weighted by Crippen LogP contribution is 2.35. The van der Waals surface area contributed by atoms with Gasteiger partial charge in [0, 0.05) is 12.2 Å². The van der Waals surface area contributed by atoms with Crippen molar-refractivity contribution in [2.75, 3.05) is 5.32 Å². The molecule has 1 fully saturated rings. The highest BCUT2D eigenvalue weighted by molar-refractivity contribution is 6.33. The van der Waals surface area contributed by atoms with Gasteiger partial charge in [-0.05, 0) is 31.0 Å². The van der Waals surface area contributed by atoms with Gasteiger partial charge < -0.3 is 9.88 Å². The molecule has 3 rings (SSSR count). The Morgan fingerprint density at radius 3 is 3.05 bits per heavy atom. The van der Waals surface area contributed by atoms with E-state index in [1.807, 2.05) is 12.5 Å². The van der Waals surface area contributed by atoms with E-state index in [1.165, 1.54) is 12.8 Å². The molecule has 0 amide bonds. The van der Waals surface area contributed by atoms with Gasteiger partial charge in [-0.15, -0.1) is 0 Å².